The lowest BCUT2D eigenvalue weighted by Crippen LogP contribution is -2.26. The van der Waals surface area contributed by atoms with E-state index >= 15 is 0 Å². The van der Waals surface area contributed by atoms with Gasteiger partial charge in [0.05, 0.1) is 0 Å². The Morgan fingerprint density at radius 1 is 0.957 bits per heavy atom. The maximum Gasteiger partial charge on any atom is 0.229 e. The summed E-state index contributed by atoms with van der Waals surface area (Å²) in [5.74, 6) is 1.68. The lowest BCUT2D eigenvalue weighted by atomic mass is 10.1. The van der Waals surface area contributed by atoms with Crippen molar-refractivity contribution in [3.05, 3.63) is 41.6 Å². The van der Waals surface area contributed by atoms with Crippen molar-refractivity contribution in [3.63, 3.8) is 0 Å². The van der Waals surface area contributed by atoms with Gasteiger partial charge in [0, 0.05) is 30.5 Å². The van der Waals surface area contributed by atoms with Crippen LogP contribution in [0, 0.1) is 6.92 Å². The zero-order chi connectivity index (χ0) is 16.7. The molecule has 0 bridgehead atoms. The highest BCUT2D eigenvalue weighted by Gasteiger charge is 2.09. The van der Waals surface area contributed by atoms with Gasteiger partial charge >= 0.3 is 0 Å². The third kappa shape index (κ3) is 4.95. The smallest absolute Gasteiger partial charge is 0.229 e. The van der Waals surface area contributed by atoms with E-state index in [1.54, 1.807) is 0 Å². The van der Waals surface area contributed by atoms with Gasteiger partial charge in [0.1, 0.15) is 5.82 Å². The maximum absolute atomic E-state index is 4.71. The van der Waals surface area contributed by atoms with Crippen molar-refractivity contribution in [3.8, 4) is 0 Å². The first-order chi connectivity index (χ1) is 11.2. The normalized spacial score (nSPS) is 10.6. The van der Waals surface area contributed by atoms with Crippen LogP contribution in [-0.4, -0.2) is 23.1 Å². The van der Waals surface area contributed by atoms with Crippen LogP contribution in [0.4, 0.5) is 17.5 Å². The van der Waals surface area contributed by atoms with E-state index in [9.17, 15) is 0 Å². The van der Waals surface area contributed by atoms with Gasteiger partial charge in [0.25, 0.3) is 0 Å². The SMILES string of the molecule is CCCN(CCC)c1cc(C)nc(Nc2ccc(CC)cc2)n1. The molecule has 2 rings (SSSR count). The summed E-state index contributed by atoms with van der Waals surface area (Å²) in [5.41, 5.74) is 3.34. The van der Waals surface area contributed by atoms with Crippen LogP contribution >= 0.6 is 0 Å². The van der Waals surface area contributed by atoms with Gasteiger partial charge in [-0.25, -0.2) is 4.98 Å². The fraction of sp³-hybridized carbons (Fsp3) is 0.474. The Hall–Kier alpha value is -2.10. The summed E-state index contributed by atoms with van der Waals surface area (Å²) in [6, 6.07) is 10.5. The minimum Gasteiger partial charge on any atom is -0.356 e. The minimum absolute atomic E-state index is 0.668. The Morgan fingerprint density at radius 3 is 2.17 bits per heavy atom. The van der Waals surface area contributed by atoms with Gasteiger partial charge in [-0.3, -0.25) is 0 Å². The Morgan fingerprint density at radius 2 is 1.61 bits per heavy atom. The van der Waals surface area contributed by atoms with Crippen molar-refractivity contribution < 1.29 is 0 Å². The van der Waals surface area contributed by atoms with Gasteiger partial charge in [-0.05, 0) is 43.9 Å². The zero-order valence-electron chi connectivity index (χ0n) is 14.8. The van der Waals surface area contributed by atoms with Gasteiger partial charge < -0.3 is 10.2 Å². The van der Waals surface area contributed by atoms with Crippen LogP contribution in [-0.2, 0) is 6.42 Å². The predicted molar refractivity (Wildman–Crippen MR) is 98.7 cm³/mol. The summed E-state index contributed by atoms with van der Waals surface area (Å²) in [7, 11) is 0. The number of aryl methyl sites for hydroxylation is 2. The van der Waals surface area contributed by atoms with Crippen molar-refractivity contribution in [1.29, 1.82) is 0 Å². The first-order valence-electron chi connectivity index (χ1n) is 8.62. The van der Waals surface area contributed by atoms with Crippen LogP contribution < -0.4 is 10.2 Å². The topological polar surface area (TPSA) is 41.1 Å². The third-order valence-electron chi connectivity index (χ3n) is 3.77. The molecule has 1 aromatic carbocycles. The molecular weight excluding hydrogens is 284 g/mol. The second-order valence-corrected chi connectivity index (χ2v) is 5.85. The number of hydrogen-bond acceptors (Lipinski definition) is 4. The van der Waals surface area contributed by atoms with E-state index < -0.39 is 0 Å². The molecule has 0 radical (unpaired) electrons. The maximum atomic E-state index is 4.71. The molecule has 1 N–H and O–H groups in total. The first kappa shape index (κ1) is 17.3. The molecule has 0 aliphatic rings. The van der Waals surface area contributed by atoms with Crippen LogP contribution in [0.25, 0.3) is 0 Å². The fourth-order valence-corrected chi connectivity index (χ4v) is 2.60. The van der Waals surface area contributed by atoms with E-state index in [0.29, 0.717) is 5.95 Å². The molecule has 0 fully saturated rings. The number of anilines is 3. The molecule has 23 heavy (non-hydrogen) atoms. The molecule has 0 saturated carbocycles. The average molecular weight is 312 g/mol. The van der Waals surface area contributed by atoms with Crippen LogP contribution in [0.2, 0.25) is 0 Å². The number of hydrogen-bond donors (Lipinski definition) is 1. The van der Waals surface area contributed by atoms with Gasteiger partial charge in [0.2, 0.25) is 5.95 Å². The monoisotopic (exact) mass is 312 g/mol. The van der Waals surface area contributed by atoms with E-state index in [1.165, 1.54) is 5.56 Å². The summed E-state index contributed by atoms with van der Waals surface area (Å²) in [5, 5.41) is 3.33. The minimum atomic E-state index is 0.668. The standard InChI is InChI=1S/C19H28N4/c1-5-12-23(13-6-2)18-14-15(4)20-19(22-18)21-17-10-8-16(7-3)9-11-17/h8-11,14H,5-7,12-13H2,1-4H3,(H,20,21,22). The summed E-state index contributed by atoms with van der Waals surface area (Å²) >= 11 is 0. The van der Waals surface area contributed by atoms with Crippen molar-refractivity contribution in [2.24, 2.45) is 0 Å². The Kier molecular flexibility index (Phi) is 6.39. The Labute approximate surface area is 140 Å². The quantitative estimate of drug-likeness (QED) is 0.766. The second kappa shape index (κ2) is 8.51. The molecule has 0 amide bonds. The molecule has 0 atom stereocenters. The van der Waals surface area contributed by atoms with Crippen molar-refractivity contribution in [2.75, 3.05) is 23.3 Å². The summed E-state index contributed by atoms with van der Waals surface area (Å²) < 4.78 is 0. The predicted octanol–water partition coefficient (Wildman–Crippen LogP) is 4.72. The zero-order valence-corrected chi connectivity index (χ0v) is 14.8. The Balaban J connectivity index is 2.21. The average Bonchev–Trinajstić information content (AvgIpc) is 2.55. The molecule has 4 heteroatoms. The summed E-state index contributed by atoms with van der Waals surface area (Å²) in [6.07, 6.45) is 3.28. The van der Waals surface area contributed by atoms with Crippen molar-refractivity contribution in [2.45, 2.75) is 47.0 Å². The Bertz CT molecular complexity index is 601. The molecule has 0 aliphatic carbocycles. The van der Waals surface area contributed by atoms with Crippen LogP contribution in [0.1, 0.15) is 44.9 Å². The number of rotatable bonds is 8. The van der Waals surface area contributed by atoms with Gasteiger partial charge in [-0.1, -0.05) is 32.9 Å². The number of benzene rings is 1. The molecule has 124 valence electrons. The molecule has 1 aromatic heterocycles. The van der Waals surface area contributed by atoms with Crippen LogP contribution in [0.5, 0.6) is 0 Å². The molecular formula is C19H28N4. The van der Waals surface area contributed by atoms with Crippen molar-refractivity contribution in [1.82, 2.24) is 9.97 Å². The lowest BCUT2D eigenvalue weighted by Gasteiger charge is -2.23. The van der Waals surface area contributed by atoms with E-state index in [2.05, 4.69) is 66.3 Å². The van der Waals surface area contributed by atoms with E-state index in [-0.39, 0.29) is 0 Å². The van der Waals surface area contributed by atoms with Crippen LogP contribution in [0.15, 0.2) is 30.3 Å². The molecule has 2 aromatic rings. The molecule has 4 nitrogen and oxygen atoms in total. The number of aromatic nitrogens is 2. The first-order valence-corrected chi connectivity index (χ1v) is 8.62. The van der Waals surface area contributed by atoms with Crippen molar-refractivity contribution >= 4 is 17.5 Å². The molecule has 0 spiro atoms. The number of nitrogens with one attached hydrogen (secondary N) is 1. The van der Waals surface area contributed by atoms with Gasteiger partial charge in [-0.2, -0.15) is 4.98 Å². The molecule has 1 heterocycles. The van der Waals surface area contributed by atoms with E-state index in [1.807, 2.05) is 6.92 Å². The lowest BCUT2D eigenvalue weighted by molar-refractivity contribution is 0.732. The second-order valence-electron chi connectivity index (χ2n) is 5.85. The highest BCUT2D eigenvalue weighted by atomic mass is 15.2. The highest BCUT2D eigenvalue weighted by Crippen LogP contribution is 2.19. The van der Waals surface area contributed by atoms with Gasteiger partial charge in [-0.15, -0.1) is 0 Å². The molecule has 0 unspecified atom stereocenters. The molecule has 0 aliphatic heterocycles. The van der Waals surface area contributed by atoms with Crippen LogP contribution in [0.3, 0.4) is 0 Å². The molecule has 0 saturated heterocycles. The number of nitrogens with zero attached hydrogens (tertiary/aromatic N) is 3. The summed E-state index contributed by atoms with van der Waals surface area (Å²) in [6.45, 7) is 10.6. The highest BCUT2D eigenvalue weighted by molar-refractivity contribution is 5.56. The summed E-state index contributed by atoms with van der Waals surface area (Å²) in [4.78, 5) is 11.6. The van der Waals surface area contributed by atoms with E-state index in [4.69, 9.17) is 4.98 Å². The van der Waals surface area contributed by atoms with E-state index in [0.717, 1.165) is 49.6 Å². The third-order valence-corrected chi connectivity index (χ3v) is 3.77. The van der Waals surface area contributed by atoms with Gasteiger partial charge in [0.15, 0.2) is 0 Å². The fourth-order valence-electron chi connectivity index (χ4n) is 2.60. The largest absolute Gasteiger partial charge is 0.356 e.